The Morgan fingerprint density at radius 2 is 2.00 bits per heavy atom. The molecular formula is C13H18ClNO. The maximum atomic E-state index is 11.7. The number of alkyl halides is 1. The van der Waals surface area contributed by atoms with Crippen molar-refractivity contribution in [1.29, 1.82) is 0 Å². The summed E-state index contributed by atoms with van der Waals surface area (Å²) in [6.45, 7) is 4.97. The first-order valence-electron chi connectivity index (χ1n) is 5.60. The van der Waals surface area contributed by atoms with E-state index >= 15 is 0 Å². The van der Waals surface area contributed by atoms with Crippen LogP contribution in [-0.2, 0) is 5.88 Å². The van der Waals surface area contributed by atoms with E-state index in [-0.39, 0.29) is 5.91 Å². The second kappa shape index (κ2) is 6.54. The molecule has 0 aliphatic carbocycles. The van der Waals surface area contributed by atoms with E-state index in [1.807, 2.05) is 24.3 Å². The minimum Gasteiger partial charge on any atom is -0.352 e. The van der Waals surface area contributed by atoms with Gasteiger partial charge in [-0.15, -0.1) is 11.6 Å². The van der Waals surface area contributed by atoms with Gasteiger partial charge in [0.05, 0.1) is 0 Å². The van der Waals surface area contributed by atoms with Gasteiger partial charge < -0.3 is 5.32 Å². The van der Waals surface area contributed by atoms with Crippen molar-refractivity contribution in [3.63, 3.8) is 0 Å². The van der Waals surface area contributed by atoms with Gasteiger partial charge in [-0.1, -0.05) is 32.4 Å². The fraction of sp³-hybridized carbons (Fsp3) is 0.462. The van der Waals surface area contributed by atoms with Crippen LogP contribution in [0, 0.1) is 5.92 Å². The molecule has 1 unspecified atom stereocenters. The lowest BCUT2D eigenvalue weighted by atomic mass is 10.1. The Hall–Kier alpha value is -1.02. The van der Waals surface area contributed by atoms with Crippen LogP contribution in [0.25, 0.3) is 0 Å². The van der Waals surface area contributed by atoms with Crippen molar-refractivity contribution in [2.45, 2.75) is 26.1 Å². The Kier molecular flexibility index (Phi) is 5.33. The highest BCUT2D eigenvalue weighted by Gasteiger charge is 2.06. The fourth-order valence-electron chi connectivity index (χ4n) is 1.26. The van der Waals surface area contributed by atoms with Gasteiger partial charge in [0, 0.05) is 18.0 Å². The van der Waals surface area contributed by atoms with E-state index < -0.39 is 0 Å². The minimum absolute atomic E-state index is 0.0126. The first-order valence-corrected chi connectivity index (χ1v) is 6.14. The third-order valence-electron chi connectivity index (χ3n) is 2.68. The Labute approximate surface area is 102 Å². The monoisotopic (exact) mass is 239 g/mol. The maximum absolute atomic E-state index is 11.7. The normalized spacial score (nSPS) is 12.2. The van der Waals surface area contributed by atoms with Crippen molar-refractivity contribution >= 4 is 17.5 Å². The SMILES string of the molecule is CCC(C)CNC(=O)c1ccc(CCl)cc1. The molecule has 0 saturated carbocycles. The number of hydrogen-bond donors (Lipinski definition) is 1. The zero-order chi connectivity index (χ0) is 12.0. The van der Waals surface area contributed by atoms with Crippen molar-refractivity contribution < 1.29 is 4.79 Å². The van der Waals surface area contributed by atoms with Crippen molar-refractivity contribution in [3.8, 4) is 0 Å². The number of nitrogens with one attached hydrogen (secondary N) is 1. The molecule has 0 aromatic heterocycles. The molecule has 3 heteroatoms. The Morgan fingerprint density at radius 1 is 1.38 bits per heavy atom. The van der Waals surface area contributed by atoms with Crippen LogP contribution in [0.5, 0.6) is 0 Å². The number of rotatable bonds is 5. The number of halogens is 1. The van der Waals surface area contributed by atoms with E-state index in [1.165, 1.54) is 0 Å². The van der Waals surface area contributed by atoms with E-state index in [0.29, 0.717) is 17.4 Å². The third kappa shape index (κ3) is 3.86. The molecule has 0 aliphatic heterocycles. The van der Waals surface area contributed by atoms with Gasteiger partial charge in [0.2, 0.25) is 0 Å². The predicted octanol–water partition coefficient (Wildman–Crippen LogP) is 3.20. The van der Waals surface area contributed by atoms with E-state index in [4.69, 9.17) is 11.6 Å². The van der Waals surface area contributed by atoms with Gasteiger partial charge in [-0.3, -0.25) is 4.79 Å². The lowest BCUT2D eigenvalue weighted by Gasteiger charge is -2.10. The number of amides is 1. The molecular weight excluding hydrogens is 222 g/mol. The largest absolute Gasteiger partial charge is 0.352 e. The summed E-state index contributed by atoms with van der Waals surface area (Å²) in [7, 11) is 0. The highest BCUT2D eigenvalue weighted by Crippen LogP contribution is 2.07. The van der Waals surface area contributed by atoms with E-state index in [0.717, 1.165) is 18.5 Å². The molecule has 1 atom stereocenters. The first kappa shape index (κ1) is 13.0. The molecule has 0 aliphatic rings. The first-order chi connectivity index (χ1) is 7.67. The molecule has 0 radical (unpaired) electrons. The summed E-state index contributed by atoms with van der Waals surface area (Å²) in [5.74, 6) is 0.988. The number of carbonyl (C=O) groups excluding carboxylic acids is 1. The van der Waals surface area contributed by atoms with Crippen LogP contribution in [0.15, 0.2) is 24.3 Å². The molecule has 88 valence electrons. The highest BCUT2D eigenvalue weighted by molar-refractivity contribution is 6.17. The van der Waals surface area contributed by atoms with Gasteiger partial charge in [0.1, 0.15) is 0 Å². The molecule has 0 fully saturated rings. The lowest BCUT2D eigenvalue weighted by molar-refractivity contribution is 0.0948. The number of benzene rings is 1. The van der Waals surface area contributed by atoms with Gasteiger partial charge in [-0.25, -0.2) is 0 Å². The molecule has 1 N–H and O–H groups in total. The molecule has 1 rings (SSSR count). The van der Waals surface area contributed by atoms with Crippen molar-refractivity contribution in [3.05, 3.63) is 35.4 Å². The predicted molar refractivity (Wildman–Crippen MR) is 67.8 cm³/mol. The Bertz CT molecular complexity index is 334. The van der Waals surface area contributed by atoms with Crippen LogP contribution in [-0.4, -0.2) is 12.5 Å². The van der Waals surface area contributed by atoms with Gasteiger partial charge in [0.15, 0.2) is 0 Å². The third-order valence-corrected chi connectivity index (χ3v) is 2.99. The van der Waals surface area contributed by atoms with Crippen molar-refractivity contribution in [1.82, 2.24) is 5.32 Å². The quantitative estimate of drug-likeness (QED) is 0.786. The smallest absolute Gasteiger partial charge is 0.251 e. The molecule has 1 aromatic rings. The van der Waals surface area contributed by atoms with Crippen LogP contribution in [0.1, 0.15) is 36.2 Å². The maximum Gasteiger partial charge on any atom is 0.251 e. The summed E-state index contributed by atoms with van der Waals surface area (Å²) >= 11 is 5.68. The van der Waals surface area contributed by atoms with Crippen LogP contribution >= 0.6 is 11.6 Å². The summed E-state index contributed by atoms with van der Waals surface area (Å²) < 4.78 is 0. The summed E-state index contributed by atoms with van der Waals surface area (Å²) in [5.41, 5.74) is 1.72. The van der Waals surface area contributed by atoms with Crippen LogP contribution in [0.4, 0.5) is 0 Å². The molecule has 1 aromatic carbocycles. The van der Waals surface area contributed by atoms with Gasteiger partial charge in [-0.2, -0.15) is 0 Å². The lowest BCUT2D eigenvalue weighted by Crippen LogP contribution is -2.27. The standard InChI is InChI=1S/C13H18ClNO/c1-3-10(2)9-15-13(16)12-6-4-11(8-14)5-7-12/h4-7,10H,3,8-9H2,1-2H3,(H,15,16). The van der Waals surface area contributed by atoms with Crippen LogP contribution in [0.2, 0.25) is 0 Å². The summed E-state index contributed by atoms with van der Waals surface area (Å²) in [6, 6.07) is 7.38. The van der Waals surface area contributed by atoms with Crippen molar-refractivity contribution in [2.75, 3.05) is 6.54 Å². The second-order valence-corrected chi connectivity index (χ2v) is 4.32. The molecule has 1 amide bonds. The summed E-state index contributed by atoms with van der Waals surface area (Å²) in [5, 5.41) is 2.92. The minimum atomic E-state index is -0.0126. The van der Waals surface area contributed by atoms with Gasteiger partial charge in [-0.05, 0) is 23.6 Å². The molecule has 0 heterocycles. The highest BCUT2D eigenvalue weighted by atomic mass is 35.5. The molecule has 2 nitrogen and oxygen atoms in total. The molecule has 0 saturated heterocycles. The number of hydrogen-bond acceptors (Lipinski definition) is 1. The molecule has 0 spiro atoms. The fourth-order valence-corrected chi connectivity index (χ4v) is 1.44. The summed E-state index contributed by atoms with van der Waals surface area (Å²) in [6.07, 6.45) is 1.07. The zero-order valence-electron chi connectivity index (χ0n) is 9.79. The average Bonchev–Trinajstić information content (AvgIpc) is 2.35. The topological polar surface area (TPSA) is 29.1 Å². The summed E-state index contributed by atoms with van der Waals surface area (Å²) in [4.78, 5) is 11.7. The Morgan fingerprint density at radius 3 is 2.50 bits per heavy atom. The zero-order valence-corrected chi connectivity index (χ0v) is 10.6. The van der Waals surface area contributed by atoms with Crippen LogP contribution in [0.3, 0.4) is 0 Å². The average molecular weight is 240 g/mol. The van der Waals surface area contributed by atoms with Crippen molar-refractivity contribution in [2.24, 2.45) is 5.92 Å². The van der Waals surface area contributed by atoms with E-state index in [2.05, 4.69) is 19.2 Å². The van der Waals surface area contributed by atoms with Gasteiger partial charge in [0.25, 0.3) is 5.91 Å². The van der Waals surface area contributed by atoms with E-state index in [1.54, 1.807) is 0 Å². The Balaban J connectivity index is 2.52. The van der Waals surface area contributed by atoms with E-state index in [9.17, 15) is 4.79 Å². The van der Waals surface area contributed by atoms with Gasteiger partial charge >= 0.3 is 0 Å². The molecule has 16 heavy (non-hydrogen) atoms. The number of carbonyl (C=O) groups is 1. The van der Waals surface area contributed by atoms with Crippen LogP contribution < -0.4 is 5.32 Å². The molecule has 0 bridgehead atoms. The second-order valence-electron chi connectivity index (χ2n) is 4.05.